The average molecular weight is 452 g/mol. The normalized spacial score (nSPS) is 10.7. The van der Waals surface area contributed by atoms with Crippen LogP contribution >= 0.6 is 23.1 Å². The lowest BCUT2D eigenvalue weighted by molar-refractivity contribution is 0.0531. The molecular weight excluding hydrogens is 434 g/mol. The summed E-state index contributed by atoms with van der Waals surface area (Å²) in [6.45, 7) is 1.97. The van der Waals surface area contributed by atoms with Crippen molar-refractivity contribution in [2.24, 2.45) is 0 Å². The van der Waals surface area contributed by atoms with Gasteiger partial charge in [-0.2, -0.15) is 5.26 Å². The first-order valence-electron chi connectivity index (χ1n) is 9.29. The van der Waals surface area contributed by atoms with Crippen molar-refractivity contribution in [1.29, 1.82) is 5.26 Å². The first-order valence-corrected chi connectivity index (χ1v) is 11.1. The summed E-state index contributed by atoms with van der Waals surface area (Å²) >= 11 is 2.41. The Morgan fingerprint density at radius 2 is 2.10 bits per heavy atom. The monoisotopic (exact) mass is 451 g/mol. The summed E-state index contributed by atoms with van der Waals surface area (Å²) in [6, 6.07) is 15.3. The third-order valence-corrected chi connectivity index (χ3v) is 6.34. The molecule has 10 heteroatoms. The predicted octanol–water partition coefficient (Wildman–Crippen LogP) is 4.51. The quantitative estimate of drug-likeness (QED) is 0.322. The zero-order valence-corrected chi connectivity index (χ0v) is 18.1. The maximum absolute atomic E-state index is 12.4. The molecule has 31 heavy (non-hydrogen) atoms. The minimum atomic E-state index is -0.489. The highest BCUT2D eigenvalue weighted by molar-refractivity contribution is 7.98. The summed E-state index contributed by atoms with van der Waals surface area (Å²) < 4.78 is 12.5. The van der Waals surface area contributed by atoms with Crippen LogP contribution in [-0.2, 0) is 10.5 Å². The largest absolute Gasteiger partial charge is 0.462 e. The van der Waals surface area contributed by atoms with Crippen molar-refractivity contribution < 1.29 is 13.9 Å². The number of ether oxygens (including phenoxy) is 1. The number of thioether (sulfide) groups is 1. The first-order chi connectivity index (χ1) is 15.1. The van der Waals surface area contributed by atoms with E-state index in [1.807, 2.05) is 41.0 Å². The molecule has 0 bridgehead atoms. The van der Waals surface area contributed by atoms with Crippen LogP contribution < -0.4 is 5.73 Å². The molecule has 0 saturated carbocycles. The number of nitrogen functional groups attached to an aromatic ring is 1. The van der Waals surface area contributed by atoms with Gasteiger partial charge in [0, 0.05) is 17.0 Å². The smallest absolute Gasteiger partial charge is 0.348 e. The van der Waals surface area contributed by atoms with Gasteiger partial charge in [0.15, 0.2) is 10.9 Å². The second-order valence-electron chi connectivity index (χ2n) is 6.22. The SMILES string of the molecule is CCOC(=O)c1sc(N)c(C#N)c1CSc1nnc(-c2ccco2)n1-c1ccccc1. The second kappa shape index (κ2) is 9.07. The third kappa shape index (κ3) is 4.05. The topological polar surface area (TPSA) is 120 Å². The van der Waals surface area contributed by atoms with E-state index >= 15 is 0 Å². The number of benzene rings is 1. The van der Waals surface area contributed by atoms with Gasteiger partial charge in [0.05, 0.1) is 18.4 Å². The number of para-hydroxylation sites is 1. The number of rotatable bonds is 7. The lowest BCUT2D eigenvalue weighted by Gasteiger charge is -2.09. The molecule has 3 aromatic heterocycles. The number of nitrogens with two attached hydrogens (primary N) is 1. The molecule has 2 N–H and O–H groups in total. The zero-order valence-electron chi connectivity index (χ0n) is 16.4. The number of carbonyl (C=O) groups is 1. The molecule has 0 aliphatic rings. The number of thiophene rings is 1. The summed E-state index contributed by atoms with van der Waals surface area (Å²) in [5, 5.41) is 19.1. The van der Waals surface area contributed by atoms with E-state index in [0.717, 1.165) is 17.0 Å². The molecule has 156 valence electrons. The third-order valence-electron chi connectivity index (χ3n) is 4.34. The second-order valence-corrected chi connectivity index (χ2v) is 8.22. The van der Waals surface area contributed by atoms with Crippen LogP contribution in [0.25, 0.3) is 17.3 Å². The predicted molar refractivity (Wildman–Crippen MR) is 118 cm³/mol. The van der Waals surface area contributed by atoms with Gasteiger partial charge in [-0.05, 0) is 31.2 Å². The zero-order chi connectivity index (χ0) is 21.8. The molecule has 1 aromatic carbocycles. The Bertz CT molecular complexity index is 1240. The van der Waals surface area contributed by atoms with Gasteiger partial charge >= 0.3 is 5.97 Å². The van der Waals surface area contributed by atoms with Gasteiger partial charge in [-0.3, -0.25) is 4.57 Å². The fourth-order valence-electron chi connectivity index (χ4n) is 2.98. The van der Waals surface area contributed by atoms with E-state index < -0.39 is 5.97 Å². The number of nitrogens with zero attached hydrogens (tertiary/aromatic N) is 4. The molecule has 3 heterocycles. The summed E-state index contributed by atoms with van der Waals surface area (Å²) in [6.07, 6.45) is 1.57. The van der Waals surface area contributed by atoms with Crippen molar-refractivity contribution in [2.45, 2.75) is 17.8 Å². The summed E-state index contributed by atoms with van der Waals surface area (Å²) in [7, 11) is 0. The highest BCUT2D eigenvalue weighted by Crippen LogP contribution is 2.36. The van der Waals surface area contributed by atoms with Gasteiger partial charge in [-0.1, -0.05) is 30.0 Å². The number of carbonyl (C=O) groups excluding carboxylic acids is 1. The van der Waals surface area contributed by atoms with E-state index in [-0.39, 0.29) is 12.2 Å². The molecule has 0 unspecified atom stereocenters. The lowest BCUT2D eigenvalue weighted by Crippen LogP contribution is -2.05. The average Bonchev–Trinajstić information content (AvgIpc) is 3.51. The van der Waals surface area contributed by atoms with Gasteiger partial charge < -0.3 is 14.9 Å². The molecule has 0 atom stereocenters. The molecule has 4 aromatic rings. The van der Waals surface area contributed by atoms with E-state index in [0.29, 0.717) is 37.9 Å². The Hall–Kier alpha value is -3.55. The van der Waals surface area contributed by atoms with Crippen LogP contribution in [0.5, 0.6) is 0 Å². The van der Waals surface area contributed by atoms with Crippen molar-refractivity contribution in [3.8, 4) is 23.3 Å². The van der Waals surface area contributed by atoms with Gasteiger partial charge in [0.25, 0.3) is 0 Å². The van der Waals surface area contributed by atoms with Crippen molar-refractivity contribution in [3.63, 3.8) is 0 Å². The molecule has 0 spiro atoms. The standard InChI is InChI=1S/C21H17N5O3S2/c1-2-28-20(27)17-15(14(11-22)18(23)31-17)12-30-21-25-24-19(16-9-6-10-29-16)26(21)13-7-4-3-5-8-13/h3-10H,2,12,23H2,1H3. The van der Waals surface area contributed by atoms with Crippen molar-refractivity contribution in [2.75, 3.05) is 12.3 Å². The van der Waals surface area contributed by atoms with Crippen LogP contribution in [0.4, 0.5) is 5.00 Å². The van der Waals surface area contributed by atoms with Gasteiger partial charge in [0.2, 0.25) is 5.82 Å². The molecular formula is C21H17N5O3S2. The fourth-order valence-corrected chi connectivity index (χ4v) is 4.99. The Morgan fingerprint density at radius 3 is 2.77 bits per heavy atom. The number of esters is 1. The molecule has 0 radical (unpaired) electrons. The fraction of sp³-hybridized carbons (Fsp3) is 0.143. The number of aromatic nitrogens is 3. The molecule has 4 rings (SSSR count). The number of hydrogen-bond acceptors (Lipinski definition) is 9. The van der Waals surface area contributed by atoms with E-state index in [1.165, 1.54) is 11.8 Å². The number of hydrogen-bond donors (Lipinski definition) is 1. The molecule has 0 saturated heterocycles. The van der Waals surface area contributed by atoms with Crippen LogP contribution in [0.2, 0.25) is 0 Å². The van der Waals surface area contributed by atoms with Crippen molar-refractivity contribution in [3.05, 3.63) is 64.7 Å². The Kier molecular flexibility index (Phi) is 6.06. The van der Waals surface area contributed by atoms with E-state index in [4.69, 9.17) is 14.9 Å². The van der Waals surface area contributed by atoms with E-state index in [1.54, 1.807) is 19.3 Å². The maximum Gasteiger partial charge on any atom is 0.348 e. The molecule has 8 nitrogen and oxygen atoms in total. The molecule has 0 amide bonds. The summed E-state index contributed by atoms with van der Waals surface area (Å²) in [5.41, 5.74) is 7.66. The van der Waals surface area contributed by atoms with Crippen LogP contribution in [0.3, 0.4) is 0 Å². The number of nitriles is 1. The number of anilines is 1. The molecule has 0 aliphatic heterocycles. The van der Waals surface area contributed by atoms with Crippen LogP contribution in [-0.4, -0.2) is 27.3 Å². The number of furan rings is 1. The van der Waals surface area contributed by atoms with Crippen molar-refractivity contribution >= 4 is 34.1 Å². The maximum atomic E-state index is 12.4. The lowest BCUT2D eigenvalue weighted by atomic mass is 10.2. The minimum absolute atomic E-state index is 0.236. The summed E-state index contributed by atoms with van der Waals surface area (Å²) in [5.74, 6) is 0.938. The highest BCUT2D eigenvalue weighted by atomic mass is 32.2. The Morgan fingerprint density at radius 1 is 1.29 bits per heavy atom. The van der Waals surface area contributed by atoms with E-state index in [2.05, 4.69) is 16.3 Å². The first kappa shape index (κ1) is 20.7. The van der Waals surface area contributed by atoms with Crippen LogP contribution in [0.1, 0.15) is 27.7 Å². The minimum Gasteiger partial charge on any atom is -0.462 e. The van der Waals surface area contributed by atoms with Crippen LogP contribution in [0, 0.1) is 11.3 Å². The van der Waals surface area contributed by atoms with Crippen molar-refractivity contribution in [1.82, 2.24) is 14.8 Å². The van der Waals surface area contributed by atoms with Gasteiger partial charge in [-0.25, -0.2) is 4.79 Å². The summed E-state index contributed by atoms with van der Waals surface area (Å²) in [4.78, 5) is 12.7. The van der Waals surface area contributed by atoms with Crippen LogP contribution in [0.15, 0.2) is 58.3 Å². The Balaban J connectivity index is 1.72. The highest BCUT2D eigenvalue weighted by Gasteiger charge is 2.24. The van der Waals surface area contributed by atoms with E-state index in [9.17, 15) is 10.1 Å². The van der Waals surface area contributed by atoms with Gasteiger partial charge in [-0.15, -0.1) is 21.5 Å². The Labute approximate surface area is 186 Å². The molecule has 0 fully saturated rings. The van der Waals surface area contributed by atoms with Gasteiger partial charge in [0.1, 0.15) is 15.9 Å². The molecule has 0 aliphatic carbocycles.